The maximum atomic E-state index is 2.45. The van der Waals surface area contributed by atoms with Crippen LogP contribution in [0.1, 0.15) is 51.9 Å². The first kappa shape index (κ1) is 13.4. The van der Waals surface area contributed by atoms with E-state index in [-0.39, 0.29) is 0 Å². The lowest BCUT2D eigenvalue weighted by Gasteiger charge is -2.10. The van der Waals surface area contributed by atoms with Crippen molar-refractivity contribution in [2.75, 3.05) is 26.2 Å². The molecule has 0 aliphatic carbocycles. The summed E-state index contributed by atoms with van der Waals surface area (Å²) in [5, 5.41) is 0. The van der Waals surface area contributed by atoms with Crippen LogP contribution in [0.5, 0.6) is 0 Å². The summed E-state index contributed by atoms with van der Waals surface area (Å²) in [4.78, 5) is 0. The summed E-state index contributed by atoms with van der Waals surface area (Å²) in [6, 6.07) is 0. The topological polar surface area (TPSA) is 0 Å². The fourth-order valence-corrected chi connectivity index (χ4v) is 2.72. The molecule has 80 valence electrons. The average molecular weight is 203 g/mol. The Bertz CT molecular complexity index is 102. The Morgan fingerprint density at radius 2 is 1.15 bits per heavy atom. The van der Waals surface area contributed by atoms with Gasteiger partial charge in [-0.05, 0) is 12.8 Å². The Balaban J connectivity index is 3.00. The first-order valence-electron chi connectivity index (χ1n) is 5.86. The van der Waals surface area contributed by atoms with Gasteiger partial charge in [-0.15, -0.1) is 0 Å². The fourth-order valence-electron chi connectivity index (χ4n) is 1.54. The second-order valence-electron chi connectivity index (χ2n) is 5.14. The first-order valence-corrected chi connectivity index (χ1v) is 9.18. The largest absolute Gasteiger partial charge is 0.0654 e. The van der Waals surface area contributed by atoms with Crippen LogP contribution in [-0.4, -0.2) is 26.2 Å². The van der Waals surface area contributed by atoms with Crippen molar-refractivity contribution >= 4 is 7.26 Å². The monoisotopic (exact) mass is 203 g/mol. The second kappa shape index (κ2) is 7.80. The quantitative estimate of drug-likeness (QED) is 0.398. The van der Waals surface area contributed by atoms with Crippen molar-refractivity contribution in [2.45, 2.75) is 51.9 Å². The third-order valence-corrected chi connectivity index (χ3v) is 4.09. The third-order valence-electron chi connectivity index (χ3n) is 2.43. The van der Waals surface area contributed by atoms with Crippen molar-refractivity contribution in [1.82, 2.24) is 0 Å². The zero-order valence-corrected chi connectivity index (χ0v) is 11.0. The molecule has 0 bridgehead atoms. The molecule has 0 spiro atoms. The molecule has 13 heavy (non-hydrogen) atoms. The van der Waals surface area contributed by atoms with E-state index in [2.05, 4.69) is 26.9 Å². The molecule has 0 amide bonds. The van der Waals surface area contributed by atoms with Crippen LogP contribution in [0.25, 0.3) is 0 Å². The van der Waals surface area contributed by atoms with Gasteiger partial charge in [0.15, 0.2) is 0 Å². The average Bonchev–Trinajstić information content (AvgIpc) is 2.01. The Hall–Kier alpha value is 0.430. The minimum atomic E-state index is -0.477. The van der Waals surface area contributed by atoms with E-state index >= 15 is 0 Å². The van der Waals surface area contributed by atoms with Crippen LogP contribution in [0, 0.1) is 0 Å². The zero-order valence-electron chi connectivity index (χ0n) is 10.1. The fraction of sp³-hybridized carbons (Fsp3) is 1.00. The van der Waals surface area contributed by atoms with Gasteiger partial charge in [0.25, 0.3) is 0 Å². The maximum absolute atomic E-state index is 2.45. The van der Waals surface area contributed by atoms with Crippen molar-refractivity contribution in [3.05, 3.63) is 0 Å². The van der Waals surface area contributed by atoms with E-state index in [1.54, 1.807) is 0 Å². The molecule has 0 fully saturated rings. The molecule has 0 saturated carbocycles. The summed E-state index contributed by atoms with van der Waals surface area (Å²) in [6.45, 7) is 9.63. The molecule has 0 radical (unpaired) electrons. The van der Waals surface area contributed by atoms with Crippen LogP contribution in [0.4, 0.5) is 0 Å². The predicted molar refractivity (Wildman–Crippen MR) is 67.6 cm³/mol. The number of hydrogen-bond acceptors (Lipinski definition) is 0. The second-order valence-corrected chi connectivity index (χ2v) is 10.2. The molecule has 0 rings (SSSR count). The minimum absolute atomic E-state index is 0.477. The summed E-state index contributed by atoms with van der Waals surface area (Å²) in [7, 11) is -0.477. The van der Waals surface area contributed by atoms with E-state index in [1.165, 1.54) is 51.1 Å². The molecule has 0 atom stereocenters. The van der Waals surface area contributed by atoms with Crippen LogP contribution < -0.4 is 0 Å². The van der Waals surface area contributed by atoms with Gasteiger partial charge in [0.05, 0.1) is 6.16 Å². The number of unbranched alkanes of at least 4 members (excludes halogenated alkanes) is 6. The SMILES string of the molecule is CCCCCCCCC[P+](C)(C)C. The van der Waals surface area contributed by atoms with Gasteiger partial charge in [-0.1, -0.05) is 39.0 Å². The molecular formula is C12H28P+. The van der Waals surface area contributed by atoms with Crippen LogP contribution in [0.15, 0.2) is 0 Å². The lowest BCUT2D eigenvalue weighted by atomic mass is 10.1. The van der Waals surface area contributed by atoms with Crippen LogP contribution in [-0.2, 0) is 0 Å². The smallest absolute Gasteiger partial charge is 0.0586 e. The van der Waals surface area contributed by atoms with Gasteiger partial charge in [0, 0.05) is 27.3 Å². The number of rotatable bonds is 8. The summed E-state index contributed by atoms with van der Waals surface area (Å²) in [5.41, 5.74) is 0. The van der Waals surface area contributed by atoms with E-state index < -0.39 is 7.26 Å². The van der Waals surface area contributed by atoms with Crippen molar-refractivity contribution in [3.63, 3.8) is 0 Å². The molecule has 0 heterocycles. The van der Waals surface area contributed by atoms with Gasteiger partial charge < -0.3 is 0 Å². The Labute approximate surface area is 85.8 Å². The third kappa shape index (κ3) is 12.4. The summed E-state index contributed by atoms with van der Waals surface area (Å²) >= 11 is 0. The van der Waals surface area contributed by atoms with Gasteiger partial charge >= 0.3 is 0 Å². The van der Waals surface area contributed by atoms with E-state index in [1.807, 2.05) is 0 Å². The van der Waals surface area contributed by atoms with Crippen LogP contribution in [0.2, 0.25) is 0 Å². The first-order chi connectivity index (χ1) is 6.06. The summed E-state index contributed by atoms with van der Waals surface area (Å²) < 4.78 is 0. The van der Waals surface area contributed by atoms with Crippen molar-refractivity contribution in [1.29, 1.82) is 0 Å². The predicted octanol–water partition coefficient (Wildman–Crippen LogP) is 4.64. The van der Waals surface area contributed by atoms with Gasteiger partial charge in [-0.25, -0.2) is 0 Å². The maximum Gasteiger partial charge on any atom is 0.0586 e. The van der Waals surface area contributed by atoms with Crippen molar-refractivity contribution < 1.29 is 0 Å². The highest BCUT2D eigenvalue weighted by molar-refractivity contribution is 7.73. The van der Waals surface area contributed by atoms with Crippen LogP contribution >= 0.6 is 7.26 Å². The number of hydrogen-bond donors (Lipinski definition) is 0. The highest BCUT2D eigenvalue weighted by Gasteiger charge is 2.15. The highest BCUT2D eigenvalue weighted by atomic mass is 31.2. The van der Waals surface area contributed by atoms with Gasteiger partial charge in [-0.2, -0.15) is 0 Å². The van der Waals surface area contributed by atoms with E-state index in [9.17, 15) is 0 Å². The lowest BCUT2D eigenvalue weighted by Crippen LogP contribution is -1.92. The van der Waals surface area contributed by atoms with Crippen molar-refractivity contribution in [3.8, 4) is 0 Å². The molecule has 0 aromatic heterocycles. The van der Waals surface area contributed by atoms with Gasteiger partial charge in [0.2, 0.25) is 0 Å². The molecule has 0 N–H and O–H groups in total. The summed E-state index contributed by atoms with van der Waals surface area (Å²) in [5.74, 6) is 0. The molecule has 0 aromatic rings. The summed E-state index contributed by atoms with van der Waals surface area (Å²) in [6.07, 6.45) is 11.7. The lowest BCUT2D eigenvalue weighted by molar-refractivity contribution is 0.603. The van der Waals surface area contributed by atoms with Crippen LogP contribution in [0.3, 0.4) is 0 Å². The Morgan fingerprint density at radius 1 is 0.692 bits per heavy atom. The van der Waals surface area contributed by atoms with Gasteiger partial charge in [-0.3, -0.25) is 0 Å². The Kier molecular flexibility index (Phi) is 8.06. The molecule has 0 aromatic carbocycles. The van der Waals surface area contributed by atoms with E-state index in [0.29, 0.717) is 0 Å². The van der Waals surface area contributed by atoms with Crippen molar-refractivity contribution in [2.24, 2.45) is 0 Å². The molecule has 0 saturated heterocycles. The van der Waals surface area contributed by atoms with E-state index in [0.717, 1.165) is 0 Å². The highest BCUT2D eigenvalue weighted by Crippen LogP contribution is 2.47. The standard InChI is InChI=1S/C12H28P/c1-5-6-7-8-9-10-11-12-13(2,3)4/h5-12H2,1-4H3/q+1. The Morgan fingerprint density at radius 3 is 1.62 bits per heavy atom. The molecule has 0 unspecified atom stereocenters. The molecular weight excluding hydrogens is 175 g/mol. The molecule has 0 aliphatic rings. The molecule has 1 heteroatoms. The normalized spacial score (nSPS) is 12.0. The van der Waals surface area contributed by atoms with E-state index in [4.69, 9.17) is 0 Å². The molecule has 0 aliphatic heterocycles. The van der Waals surface area contributed by atoms with Gasteiger partial charge in [0.1, 0.15) is 0 Å². The molecule has 0 nitrogen and oxygen atoms in total. The minimum Gasteiger partial charge on any atom is -0.0654 e. The zero-order chi connectivity index (χ0) is 10.2.